The maximum absolute atomic E-state index is 13.5. The van der Waals surface area contributed by atoms with Crippen molar-refractivity contribution in [3.8, 4) is 11.5 Å². The lowest BCUT2D eigenvalue weighted by atomic mass is 9.95. The van der Waals surface area contributed by atoms with Gasteiger partial charge in [0.1, 0.15) is 11.9 Å². The molecule has 0 saturated carbocycles. The summed E-state index contributed by atoms with van der Waals surface area (Å²) < 4.78 is 23.8. The maximum Gasteiger partial charge on any atom is 0.165 e. The molecule has 3 nitrogen and oxygen atoms in total. The van der Waals surface area contributed by atoms with E-state index in [4.69, 9.17) is 9.47 Å². The summed E-state index contributed by atoms with van der Waals surface area (Å²) >= 11 is 0. The van der Waals surface area contributed by atoms with Crippen LogP contribution in [0.5, 0.6) is 11.5 Å². The van der Waals surface area contributed by atoms with Gasteiger partial charge in [0, 0.05) is 5.56 Å². The van der Waals surface area contributed by atoms with Crippen molar-refractivity contribution in [1.29, 1.82) is 0 Å². The molecule has 2 rings (SSSR count). The molecule has 0 spiro atoms. The monoisotopic (exact) mass is 290 g/mol. The van der Waals surface area contributed by atoms with Gasteiger partial charge in [-0.1, -0.05) is 12.1 Å². The second kappa shape index (κ2) is 6.14. The number of methoxy groups -OCH3 is 2. The molecule has 2 aromatic carbocycles. The molecule has 0 aliphatic rings. The van der Waals surface area contributed by atoms with Crippen LogP contribution >= 0.6 is 0 Å². The first-order valence-corrected chi connectivity index (χ1v) is 6.64. The Hall–Kier alpha value is -2.07. The minimum atomic E-state index is -0.907. The average Bonchev–Trinajstić information content (AvgIpc) is 2.46. The van der Waals surface area contributed by atoms with Crippen LogP contribution in [0.4, 0.5) is 4.39 Å². The Kier molecular flexibility index (Phi) is 4.48. The lowest BCUT2D eigenvalue weighted by Gasteiger charge is -2.19. The Morgan fingerprint density at radius 1 is 1.00 bits per heavy atom. The molecule has 0 fully saturated rings. The third kappa shape index (κ3) is 3.00. The standard InChI is InChI=1S/C17H19FO3/c1-10-7-11(2)16(15(8-10)21-4)17(19)12-5-6-13(18)14(9-12)20-3/h5-9,17,19H,1-4H3. The van der Waals surface area contributed by atoms with Crippen LogP contribution in [0.3, 0.4) is 0 Å². The zero-order valence-corrected chi connectivity index (χ0v) is 12.6. The largest absolute Gasteiger partial charge is 0.496 e. The molecule has 2 aromatic rings. The lowest BCUT2D eigenvalue weighted by molar-refractivity contribution is 0.213. The molecule has 0 aliphatic heterocycles. The Balaban J connectivity index is 2.52. The maximum atomic E-state index is 13.5. The van der Waals surface area contributed by atoms with Crippen molar-refractivity contribution in [3.63, 3.8) is 0 Å². The number of hydrogen-bond acceptors (Lipinski definition) is 3. The average molecular weight is 290 g/mol. The number of aryl methyl sites for hydroxylation is 2. The van der Waals surface area contributed by atoms with Gasteiger partial charge >= 0.3 is 0 Å². The summed E-state index contributed by atoms with van der Waals surface area (Å²) in [6.45, 7) is 3.88. The van der Waals surface area contributed by atoms with E-state index >= 15 is 0 Å². The van der Waals surface area contributed by atoms with Crippen molar-refractivity contribution in [1.82, 2.24) is 0 Å². The van der Waals surface area contributed by atoms with Gasteiger partial charge in [0.25, 0.3) is 0 Å². The van der Waals surface area contributed by atoms with E-state index in [0.29, 0.717) is 16.9 Å². The molecule has 4 heteroatoms. The molecule has 0 aliphatic carbocycles. The molecular formula is C17H19FO3. The van der Waals surface area contributed by atoms with Gasteiger partial charge in [0.05, 0.1) is 14.2 Å². The highest BCUT2D eigenvalue weighted by molar-refractivity contribution is 5.48. The highest BCUT2D eigenvalue weighted by atomic mass is 19.1. The number of hydrogen-bond donors (Lipinski definition) is 1. The van der Waals surface area contributed by atoms with Gasteiger partial charge in [0.2, 0.25) is 0 Å². The number of benzene rings is 2. The number of rotatable bonds is 4. The summed E-state index contributed by atoms with van der Waals surface area (Å²) in [6.07, 6.45) is -0.907. The van der Waals surface area contributed by atoms with E-state index in [1.54, 1.807) is 13.2 Å². The minimum Gasteiger partial charge on any atom is -0.496 e. The summed E-state index contributed by atoms with van der Waals surface area (Å²) in [5, 5.41) is 10.6. The van der Waals surface area contributed by atoms with Crippen molar-refractivity contribution in [2.24, 2.45) is 0 Å². The summed E-state index contributed by atoms with van der Waals surface area (Å²) in [6, 6.07) is 8.17. The fourth-order valence-electron chi connectivity index (χ4n) is 2.47. The lowest BCUT2D eigenvalue weighted by Crippen LogP contribution is -2.06. The van der Waals surface area contributed by atoms with Gasteiger partial charge in [-0.2, -0.15) is 0 Å². The number of ether oxygens (including phenoxy) is 2. The topological polar surface area (TPSA) is 38.7 Å². The van der Waals surface area contributed by atoms with Gasteiger partial charge in [-0.3, -0.25) is 0 Å². The van der Waals surface area contributed by atoms with Crippen molar-refractivity contribution >= 4 is 0 Å². The molecule has 21 heavy (non-hydrogen) atoms. The van der Waals surface area contributed by atoms with Crippen LogP contribution in [0.25, 0.3) is 0 Å². The summed E-state index contributed by atoms with van der Waals surface area (Å²) in [5.74, 6) is 0.264. The molecular weight excluding hydrogens is 271 g/mol. The highest BCUT2D eigenvalue weighted by Crippen LogP contribution is 2.35. The fourth-order valence-corrected chi connectivity index (χ4v) is 2.47. The Labute approximate surface area is 124 Å². The summed E-state index contributed by atoms with van der Waals surface area (Å²) in [5.41, 5.74) is 3.20. The normalized spacial score (nSPS) is 12.1. The third-order valence-corrected chi connectivity index (χ3v) is 3.48. The van der Waals surface area contributed by atoms with Gasteiger partial charge in [-0.15, -0.1) is 0 Å². The molecule has 0 amide bonds. The van der Waals surface area contributed by atoms with E-state index in [9.17, 15) is 9.50 Å². The molecule has 0 radical (unpaired) electrons. The third-order valence-electron chi connectivity index (χ3n) is 3.48. The first-order valence-electron chi connectivity index (χ1n) is 6.64. The van der Waals surface area contributed by atoms with Crippen LogP contribution in [-0.4, -0.2) is 19.3 Å². The highest BCUT2D eigenvalue weighted by Gasteiger charge is 2.20. The molecule has 0 bridgehead atoms. The van der Waals surface area contributed by atoms with Crippen LogP contribution < -0.4 is 9.47 Å². The fraction of sp³-hybridized carbons (Fsp3) is 0.294. The van der Waals surface area contributed by atoms with Gasteiger partial charge in [-0.25, -0.2) is 4.39 Å². The van der Waals surface area contributed by atoms with Crippen molar-refractivity contribution in [2.45, 2.75) is 20.0 Å². The SMILES string of the molecule is COc1cc(C(O)c2c(C)cc(C)cc2OC)ccc1F. The Bertz CT molecular complexity index is 653. The van der Waals surface area contributed by atoms with E-state index in [1.165, 1.54) is 19.2 Å². The van der Waals surface area contributed by atoms with Crippen LogP contribution in [-0.2, 0) is 0 Å². The summed E-state index contributed by atoms with van der Waals surface area (Å²) in [7, 11) is 2.96. The molecule has 0 heterocycles. The van der Waals surface area contributed by atoms with Gasteiger partial charge in [0.15, 0.2) is 11.6 Å². The second-order valence-electron chi connectivity index (χ2n) is 4.99. The minimum absolute atomic E-state index is 0.107. The van der Waals surface area contributed by atoms with E-state index in [1.807, 2.05) is 26.0 Å². The van der Waals surface area contributed by atoms with Crippen LogP contribution in [0, 0.1) is 19.7 Å². The Morgan fingerprint density at radius 3 is 2.29 bits per heavy atom. The second-order valence-corrected chi connectivity index (χ2v) is 4.99. The quantitative estimate of drug-likeness (QED) is 0.936. The van der Waals surface area contributed by atoms with E-state index in [0.717, 1.165) is 11.1 Å². The number of aliphatic hydroxyl groups is 1. The van der Waals surface area contributed by atoms with Crippen molar-refractivity contribution < 1.29 is 19.0 Å². The Morgan fingerprint density at radius 2 is 1.67 bits per heavy atom. The van der Waals surface area contributed by atoms with E-state index in [-0.39, 0.29) is 5.75 Å². The van der Waals surface area contributed by atoms with Crippen molar-refractivity contribution in [3.05, 3.63) is 58.4 Å². The molecule has 1 atom stereocenters. The van der Waals surface area contributed by atoms with Gasteiger partial charge in [-0.05, 0) is 48.7 Å². The molecule has 112 valence electrons. The molecule has 1 N–H and O–H groups in total. The van der Waals surface area contributed by atoms with E-state index < -0.39 is 11.9 Å². The molecule has 0 saturated heterocycles. The van der Waals surface area contributed by atoms with Crippen LogP contribution in [0.15, 0.2) is 30.3 Å². The zero-order valence-electron chi connectivity index (χ0n) is 12.6. The predicted molar refractivity (Wildman–Crippen MR) is 79.5 cm³/mol. The smallest absolute Gasteiger partial charge is 0.165 e. The van der Waals surface area contributed by atoms with E-state index in [2.05, 4.69) is 0 Å². The van der Waals surface area contributed by atoms with Crippen molar-refractivity contribution in [2.75, 3.05) is 14.2 Å². The number of halogens is 1. The van der Waals surface area contributed by atoms with Crippen LogP contribution in [0.1, 0.15) is 28.4 Å². The molecule has 1 unspecified atom stereocenters. The summed E-state index contributed by atoms with van der Waals surface area (Å²) in [4.78, 5) is 0. The zero-order chi connectivity index (χ0) is 15.6. The number of aliphatic hydroxyl groups excluding tert-OH is 1. The predicted octanol–water partition coefficient (Wildman–Crippen LogP) is 3.54. The first-order chi connectivity index (χ1) is 9.97. The first kappa shape index (κ1) is 15.3. The van der Waals surface area contributed by atoms with Gasteiger partial charge < -0.3 is 14.6 Å². The van der Waals surface area contributed by atoms with Crippen LogP contribution in [0.2, 0.25) is 0 Å². The molecule has 0 aromatic heterocycles.